The van der Waals surface area contributed by atoms with Crippen LogP contribution in [0.1, 0.15) is 54.6 Å². The highest BCUT2D eigenvalue weighted by atomic mass is 19.3. The quantitative estimate of drug-likeness (QED) is 0.612. The van der Waals surface area contributed by atoms with Crippen molar-refractivity contribution in [2.75, 3.05) is 19.7 Å². The van der Waals surface area contributed by atoms with E-state index in [0.717, 1.165) is 18.4 Å². The van der Waals surface area contributed by atoms with Crippen LogP contribution >= 0.6 is 0 Å². The molecule has 2 aromatic rings. The van der Waals surface area contributed by atoms with Crippen molar-refractivity contribution in [1.82, 2.24) is 4.90 Å². The second kappa shape index (κ2) is 9.96. The van der Waals surface area contributed by atoms with Crippen LogP contribution in [-0.2, 0) is 9.47 Å². The van der Waals surface area contributed by atoms with Crippen LogP contribution in [0.15, 0.2) is 54.6 Å². The average Bonchev–Trinajstić information content (AvgIpc) is 2.79. The van der Waals surface area contributed by atoms with Crippen LogP contribution in [0.5, 0.6) is 5.75 Å². The molecule has 2 aliphatic rings. The van der Waals surface area contributed by atoms with Crippen molar-refractivity contribution in [2.24, 2.45) is 0 Å². The van der Waals surface area contributed by atoms with Crippen LogP contribution in [-0.4, -0.2) is 48.8 Å². The Kier molecular flexibility index (Phi) is 7.06. The molecule has 172 valence electrons. The Morgan fingerprint density at radius 3 is 2.59 bits per heavy atom. The third kappa shape index (κ3) is 5.27. The normalized spacial score (nSPS) is 22.8. The molecule has 0 bridgehead atoms. The van der Waals surface area contributed by atoms with Crippen LogP contribution < -0.4 is 4.74 Å². The van der Waals surface area contributed by atoms with Gasteiger partial charge < -0.3 is 19.1 Å². The van der Waals surface area contributed by atoms with Crippen LogP contribution in [0, 0.1) is 0 Å². The maximum atomic E-state index is 13.0. The molecule has 0 aliphatic carbocycles. The van der Waals surface area contributed by atoms with Crippen molar-refractivity contribution in [1.29, 1.82) is 0 Å². The lowest BCUT2D eigenvalue weighted by Crippen LogP contribution is -2.52. The molecule has 2 aromatic carbocycles. The van der Waals surface area contributed by atoms with Gasteiger partial charge in [0.1, 0.15) is 5.75 Å². The van der Waals surface area contributed by atoms with E-state index in [9.17, 15) is 13.6 Å². The molecule has 0 N–H and O–H groups in total. The minimum atomic E-state index is -2.92. The van der Waals surface area contributed by atoms with Crippen molar-refractivity contribution in [3.8, 4) is 5.75 Å². The number of carbonyl (C=O) groups excluding carboxylic acids is 1. The molecular formula is C25H29F2NO4. The summed E-state index contributed by atoms with van der Waals surface area (Å²) < 4.78 is 42.1. The summed E-state index contributed by atoms with van der Waals surface area (Å²) in [6.45, 7) is 0.823. The van der Waals surface area contributed by atoms with Gasteiger partial charge >= 0.3 is 6.61 Å². The number of piperidine rings is 1. The smallest absolute Gasteiger partial charge is 0.387 e. The second-order valence-electron chi connectivity index (χ2n) is 8.42. The van der Waals surface area contributed by atoms with E-state index < -0.39 is 6.61 Å². The molecule has 1 amide bonds. The molecule has 0 saturated carbocycles. The molecule has 4 rings (SSSR count). The number of rotatable bonds is 6. The number of halogens is 2. The summed E-state index contributed by atoms with van der Waals surface area (Å²) in [5.74, 6) is -0.198. The number of hydrogen-bond acceptors (Lipinski definition) is 4. The molecule has 0 radical (unpaired) electrons. The lowest BCUT2D eigenvalue weighted by Gasteiger charge is -2.48. The van der Waals surface area contributed by atoms with Crippen LogP contribution in [0.3, 0.4) is 0 Å². The number of hydrogen-bond donors (Lipinski definition) is 0. The van der Waals surface area contributed by atoms with E-state index in [1.807, 2.05) is 25.1 Å². The molecule has 5 nitrogen and oxygen atoms in total. The van der Waals surface area contributed by atoms with Gasteiger partial charge in [0.05, 0.1) is 17.8 Å². The number of benzene rings is 2. The minimum absolute atomic E-state index is 0.0137. The third-order valence-corrected chi connectivity index (χ3v) is 6.31. The Bertz CT molecular complexity index is 900. The molecule has 2 aliphatic heterocycles. The zero-order valence-corrected chi connectivity index (χ0v) is 18.2. The lowest BCUT2D eigenvalue weighted by atomic mass is 9.80. The summed E-state index contributed by atoms with van der Waals surface area (Å²) in [4.78, 5) is 14.7. The highest BCUT2D eigenvalue weighted by molar-refractivity contribution is 5.94. The summed E-state index contributed by atoms with van der Waals surface area (Å²) in [6.07, 6.45) is 3.12. The van der Waals surface area contributed by atoms with Crippen molar-refractivity contribution in [3.05, 3.63) is 65.7 Å². The van der Waals surface area contributed by atoms with E-state index in [2.05, 4.69) is 16.9 Å². The number of nitrogens with zero attached hydrogens (tertiary/aromatic N) is 1. The second-order valence-corrected chi connectivity index (χ2v) is 8.42. The Labute approximate surface area is 187 Å². The Morgan fingerprint density at radius 2 is 1.91 bits per heavy atom. The van der Waals surface area contributed by atoms with E-state index in [-0.39, 0.29) is 29.5 Å². The summed E-state index contributed by atoms with van der Waals surface area (Å²) in [7, 11) is 0. The van der Waals surface area contributed by atoms with Crippen molar-refractivity contribution < 1.29 is 27.8 Å². The summed E-state index contributed by atoms with van der Waals surface area (Å²) >= 11 is 0. The van der Waals surface area contributed by atoms with Crippen LogP contribution in [0.25, 0.3) is 0 Å². The fourth-order valence-corrected chi connectivity index (χ4v) is 4.80. The SMILES string of the molecule is CCO[C@H]1C[C@@H](c2ccccc2)OC2(CCN(C(=O)c3cccc(OC(F)F)c3)CC2)C1. The zero-order valence-electron chi connectivity index (χ0n) is 18.2. The largest absolute Gasteiger partial charge is 0.435 e. The number of alkyl halides is 2. The van der Waals surface area contributed by atoms with Crippen molar-refractivity contribution in [3.63, 3.8) is 0 Å². The maximum absolute atomic E-state index is 13.0. The van der Waals surface area contributed by atoms with Crippen molar-refractivity contribution in [2.45, 2.75) is 57.0 Å². The first-order valence-corrected chi connectivity index (χ1v) is 11.2. The summed E-state index contributed by atoms with van der Waals surface area (Å²) in [5, 5.41) is 0. The first kappa shape index (κ1) is 22.7. The standard InChI is InChI=1S/C25H29F2NO4/c1-2-30-21-16-22(18-7-4-3-5-8-18)32-25(17-21)11-13-28(14-12-25)23(29)19-9-6-10-20(15-19)31-24(26)27/h3-10,15,21-22,24H,2,11-14,16-17H2,1H3/t21-,22-/m0/s1. The molecule has 1 spiro atoms. The summed E-state index contributed by atoms with van der Waals surface area (Å²) in [5.41, 5.74) is 1.15. The van der Waals surface area contributed by atoms with Crippen molar-refractivity contribution >= 4 is 5.91 Å². The van der Waals surface area contributed by atoms with E-state index >= 15 is 0 Å². The molecule has 0 unspecified atom stereocenters. The molecule has 2 fully saturated rings. The zero-order chi connectivity index (χ0) is 22.6. The number of likely N-dealkylation sites (tertiary alicyclic amines) is 1. The van der Waals surface area contributed by atoms with Gasteiger partial charge in [-0.15, -0.1) is 0 Å². The van der Waals surface area contributed by atoms with E-state index in [1.54, 1.807) is 17.0 Å². The first-order chi connectivity index (χ1) is 15.5. The number of ether oxygens (including phenoxy) is 3. The summed E-state index contributed by atoms with van der Waals surface area (Å²) in [6, 6.07) is 16.2. The van der Waals surface area contributed by atoms with E-state index in [0.29, 0.717) is 38.1 Å². The predicted octanol–water partition coefficient (Wildman–Crippen LogP) is 5.22. The molecule has 7 heteroatoms. The van der Waals surface area contributed by atoms with E-state index in [4.69, 9.17) is 9.47 Å². The van der Waals surface area contributed by atoms with Gasteiger partial charge in [0.15, 0.2) is 0 Å². The molecule has 32 heavy (non-hydrogen) atoms. The topological polar surface area (TPSA) is 48.0 Å². The van der Waals surface area contributed by atoms with Crippen LogP contribution in [0.4, 0.5) is 8.78 Å². The first-order valence-electron chi connectivity index (χ1n) is 11.2. The minimum Gasteiger partial charge on any atom is -0.435 e. The molecular weight excluding hydrogens is 416 g/mol. The average molecular weight is 446 g/mol. The van der Waals surface area contributed by atoms with Crippen LogP contribution in [0.2, 0.25) is 0 Å². The maximum Gasteiger partial charge on any atom is 0.387 e. The molecule has 2 heterocycles. The fourth-order valence-electron chi connectivity index (χ4n) is 4.80. The molecule has 0 aromatic heterocycles. The van der Waals surface area contributed by atoms with Gasteiger partial charge in [-0.3, -0.25) is 4.79 Å². The predicted molar refractivity (Wildman–Crippen MR) is 116 cm³/mol. The fraction of sp³-hybridized carbons (Fsp3) is 0.480. The Morgan fingerprint density at radius 1 is 1.16 bits per heavy atom. The number of amides is 1. The third-order valence-electron chi connectivity index (χ3n) is 6.31. The molecule has 2 saturated heterocycles. The highest BCUT2D eigenvalue weighted by Crippen LogP contribution is 2.44. The van der Waals surface area contributed by atoms with Gasteiger partial charge in [0.2, 0.25) is 0 Å². The molecule has 2 atom stereocenters. The van der Waals surface area contributed by atoms with Gasteiger partial charge in [-0.25, -0.2) is 0 Å². The van der Waals surface area contributed by atoms with Gasteiger partial charge in [-0.2, -0.15) is 8.78 Å². The Balaban J connectivity index is 1.44. The monoisotopic (exact) mass is 445 g/mol. The van der Waals surface area contributed by atoms with E-state index in [1.165, 1.54) is 12.1 Å². The van der Waals surface area contributed by atoms with Gasteiger partial charge in [0.25, 0.3) is 5.91 Å². The number of carbonyl (C=O) groups is 1. The van der Waals surface area contributed by atoms with Gasteiger partial charge in [-0.1, -0.05) is 36.4 Å². The van der Waals surface area contributed by atoms with Gasteiger partial charge in [-0.05, 0) is 43.5 Å². The lowest BCUT2D eigenvalue weighted by molar-refractivity contribution is -0.190. The Hall–Kier alpha value is -2.51. The highest BCUT2D eigenvalue weighted by Gasteiger charge is 2.45. The van der Waals surface area contributed by atoms with Gasteiger partial charge in [0, 0.05) is 38.1 Å².